The number of fused-ring (bicyclic) bond motifs is 4. The van der Waals surface area contributed by atoms with E-state index in [2.05, 4.69) is 36.4 Å². The van der Waals surface area contributed by atoms with Gasteiger partial charge >= 0.3 is 0 Å². The Bertz CT molecular complexity index is 2510. The molecule has 0 fully saturated rings. The molecular formula is C52H50O7. The first-order valence-corrected chi connectivity index (χ1v) is 20.7. The highest BCUT2D eigenvalue weighted by Gasteiger charge is 2.26. The number of hydrogen-bond donors (Lipinski definition) is 4. The summed E-state index contributed by atoms with van der Waals surface area (Å²) in [5.41, 5.74) is 4.28. The molecule has 0 spiro atoms. The summed E-state index contributed by atoms with van der Waals surface area (Å²) in [6.07, 6.45) is 4.72. The van der Waals surface area contributed by atoms with Crippen LogP contribution >= 0.6 is 0 Å². The molecule has 0 aliphatic rings. The summed E-state index contributed by atoms with van der Waals surface area (Å²) in [5.74, 6) is 3.35. The maximum atomic E-state index is 10.2. The molecule has 0 amide bonds. The molecule has 8 aromatic rings. The van der Waals surface area contributed by atoms with Crippen molar-refractivity contribution in [3.63, 3.8) is 0 Å². The van der Waals surface area contributed by atoms with E-state index < -0.39 is 0 Å². The average Bonchev–Trinajstić information content (AvgIpc) is 3.28. The zero-order valence-corrected chi connectivity index (χ0v) is 33.2. The highest BCUT2D eigenvalue weighted by molar-refractivity contribution is 6.11. The van der Waals surface area contributed by atoms with Gasteiger partial charge in [-0.1, -0.05) is 97.1 Å². The summed E-state index contributed by atoms with van der Waals surface area (Å²) < 4.78 is 21.2. The van der Waals surface area contributed by atoms with Gasteiger partial charge in [-0.05, 0) is 142 Å². The first kappa shape index (κ1) is 39.8. The molecule has 0 saturated heterocycles. The molecule has 7 nitrogen and oxygen atoms in total. The Morgan fingerprint density at radius 1 is 0.305 bits per heavy atom. The number of ether oxygens (including phenoxy) is 3. The van der Waals surface area contributed by atoms with Crippen molar-refractivity contribution in [2.24, 2.45) is 0 Å². The molecule has 8 rings (SSSR count). The molecule has 0 heterocycles. The van der Waals surface area contributed by atoms with Crippen LogP contribution < -0.4 is 14.2 Å². The van der Waals surface area contributed by atoms with Crippen LogP contribution in [0.3, 0.4) is 0 Å². The van der Waals surface area contributed by atoms with Crippen molar-refractivity contribution in [2.75, 3.05) is 26.4 Å². The van der Waals surface area contributed by atoms with Crippen molar-refractivity contribution in [2.45, 2.75) is 51.4 Å². The number of aliphatic hydroxyl groups is 4. The van der Waals surface area contributed by atoms with Crippen molar-refractivity contribution in [1.29, 1.82) is 0 Å². The Hall–Kier alpha value is -5.96. The summed E-state index contributed by atoms with van der Waals surface area (Å²) >= 11 is 0. The fraction of sp³-hybridized carbons (Fsp3) is 0.231. The lowest BCUT2D eigenvalue weighted by molar-refractivity contribution is 0.288. The molecule has 0 bridgehead atoms. The molecule has 4 N–H and O–H groups in total. The SMILES string of the molecule is OCCCc1c2ccccc2c(CCCO)c2c(Oc3c(Oc4ccccc4)ccc4c(CCCO)c5ccccc5c(CCCO)c34)c(Oc3ccccc3)ccc12. The molecule has 0 atom stereocenters. The van der Waals surface area contributed by atoms with Gasteiger partial charge < -0.3 is 34.6 Å². The van der Waals surface area contributed by atoms with Gasteiger partial charge in [0, 0.05) is 37.2 Å². The molecule has 0 aliphatic carbocycles. The lowest BCUT2D eigenvalue weighted by atomic mass is 9.87. The summed E-state index contributed by atoms with van der Waals surface area (Å²) in [6.45, 7) is 0.156. The lowest BCUT2D eigenvalue weighted by Gasteiger charge is -2.24. The zero-order chi connectivity index (χ0) is 40.6. The van der Waals surface area contributed by atoms with Crippen LogP contribution in [-0.2, 0) is 25.7 Å². The minimum Gasteiger partial charge on any atom is -0.453 e. The molecule has 0 aliphatic heterocycles. The topological polar surface area (TPSA) is 109 Å². The third-order valence-corrected chi connectivity index (χ3v) is 11.1. The summed E-state index contributed by atoms with van der Waals surface area (Å²) in [7, 11) is 0. The van der Waals surface area contributed by atoms with Gasteiger partial charge in [0.15, 0.2) is 23.0 Å². The molecule has 0 aromatic heterocycles. The van der Waals surface area contributed by atoms with Crippen molar-refractivity contribution in [3.8, 4) is 34.5 Å². The average molecular weight is 787 g/mol. The van der Waals surface area contributed by atoms with Crippen LogP contribution in [0, 0.1) is 0 Å². The van der Waals surface area contributed by atoms with E-state index >= 15 is 0 Å². The third kappa shape index (κ3) is 8.20. The second-order valence-electron chi connectivity index (χ2n) is 14.9. The fourth-order valence-corrected chi connectivity index (χ4v) is 8.59. The normalized spacial score (nSPS) is 11.5. The highest BCUT2D eigenvalue weighted by Crippen LogP contribution is 2.52. The van der Waals surface area contributed by atoms with E-state index in [-0.39, 0.29) is 26.4 Å². The molecule has 59 heavy (non-hydrogen) atoms. The predicted molar refractivity (Wildman–Crippen MR) is 238 cm³/mol. The minimum absolute atomic E-state index is 0.0226. The largest absolute Gasteiger partial charge is 0.453 e. The van der Waals surface area contributed by atoms with Crippen LogP contribution in [0.2, 0.25) is 0 Å². The van der Waals surface area contributed by atoms with Gasteiger partial charge in [-0.15, -0.1) is 0 Å². The summed E-state index contributed by atoms with van der Waals surface area (Å²) in [5, 5.41) is 48.7. The number of hydrogen-bond acceptors (Lipinski definition) is 7. The highest BCUT2D eigenvalue weighted by atomic mass is 16.5. The maximum absolute atomic E-state index is 10.2. The van der Waals surface area contributed by atoms with E-state index in [1.54, 1.807) is 0 Å². The van der Waals surface area contributed by atoms with Crippen LogP contribution in [0.5, 0.6) is 34.5 Å². The van der Waals surface area contributed by atoms with Gasteiger partial charge in [-0.25, -0.2) is 0 Å². The Labute approximate surface area is 344 Å². The summed E-state index contributed by atoms with van der Waals surface area (Å²) in [6, 6.07) is 44.2. The standard InChI is InChI=1S/C52H50O7/c53-31-11-23-41-37-19-7-9-21-39(37)43(25-13-33-55)49-45(41)27-29-47(57-35-15-3-1-4-16-35)51(49)59-52-48(58-36-17-5-2-6-18-36)30-28-46-42(24-12-32-54)38-20-8-10-22-40(38)44(50(46)52)26-14-34-56/h1-10,15-22,27-30,53-56H,11-14,23-26,31-34H2. The third-order valence-electron chi connectivity index (χ3n) is 11.1. The van der Waals surface area contributed by atoms with E-state index in [1.807, 2.05) is 97.1 Å². The smallest absolute Gasteiger partial charge is 0.178 e. The van der Waals surface area contributed by atoms with Crippen molar-refractivity contribution < 1.29 is 34.6 Å². The fourth-order valence-electron chi connectivity index (χ4n) is 8.59. The molecule has 7 heteroatoms. The lowest BCUT2D eigenvalue weighted by Crippen LogP contribution is -2.04. The number of aliphatic hydroxyl groups excluding tert-OH is 4. The number of para-hydroxylation sites is 2. The van der Waals surface area contributed by atoms with Gasteiger partial charge in [-0.2, -0.15) is 0 Å². The van der Waals surface area contributed by atoms with Gasteiger partial charge in [-0.3, -0.25) is 0 Å². The Morgan fingerprint density at radius 2 is 0.627 bits per heavy atom. The Morgan fingerprint density at radius 3 is 0.983 bits per heavy atom. The quantitative estimate of drug-likeness (QED) is 0.0641. The second kappa shape index (κ2) is 18.7. The maximum Gasteiger partial charge on any atom is 0.178 e. The Balaban J connectivity index is 1.51. The monoisotopic (exact) mass is 786 g/mol. The molecular weight excluding hydrogens is 737 g/mol. The summed E-state index contributed by atoms with van der Waals surface area (Å²) in [4.78, 5) is 0. The van der Waals surface area contributed by atoms with E-state index in [4.69, 9.17) is 14.2 Å². The zero-order valence-electron chi connectivity index (χ0n) is 33.2. The first-order valence-electron chi connectivity index (χ1n) is 20.7. The number of rotatable bonds is 18. The van der Waals surface area contributed by atoms with E-state index in [9.17, 15) is 20.4 Å². The van der Waals surface area contributed by atoms with Gasteiger partial charge in [0.1, 0.15) is 11.5 Å². The van der Waals surface area contributed by atoms with Crippen molar-refractivity contribution in [3.05, 3.63) is 156 Å². The van der Waals surface area contributed by atoms with Gasteiger partial charge in [0.25, 0.3) is 0 Å². The molecule has 300 valence electrons. The number of aryl methyl sites for hydroxylation is 4. The van der Waals surface area contributed by atoms with Gasteiger partial charge in [0.2, 0.25) is 0 Å². The first-order chi connectivity index (χ1) is 29.1. The van der Waals surface area contributed by atoms with E-state index in [0.29, 0.717) is 85.9 Å². The van der Waals surface area contributed by atoms with Gasteiger partial charge in [0.05, 0.1) is 0 Å². The minimum atomic E-state index is 0.0226. The number of benzene rings is 8. The van der Waals surface area contributed by atoms with Crippen LogP contribution in [0.15, 0.2) is 133 Å². The predicted octanol–water partition coefficient (Wildman–Crippen LogP) is 11.4. The van der Waals surface area contributed by atoms with Crippen LogP contribution in [0.1, 0.15) is 47.9 Å². The van der Waals surface area contributed by atoms with Crippen LogP contribution in [0.25, 0.3) is 43.1 Å². The molecule has 8 aromatic carbocycles. The molecule has 0 unspecified atom stereocenters. The van der Waals surface area contributed by atoms with E-state index in [0.717, 1.165) is 65.3 Å². The Kier molecular flexibility index (Phi) is 12.7. The molecule has 0 radical (unpaired) electrons. The van der Waals surface area contributed by atoms with Crippen LogP contribution in [-0.4, -0.2) is 46.9 Å². The van der Waals surface area contributed by atoms with Crippen molar-refractivity contribution >= 4 is 43.1 Å². The van der Waals surface area contributed by atoms with E-state index in [1.165, 1.54) is 0 Å². The molecule has 0 saturated carbocycles. The second-order valence-corrected chi connectivity index (χ2v) is 14.9. The van der Waals surface area contributed by atoms with Crippen molar-refractivity contribution in [1.82, 2.24) is 0 Å². The van der Waals surface area contributed by atoms with Crippen LogP contribution in [0.4, 0.5) is 0 Å².